The highest BCUT2D eigenvalue weighted by molar-refractivity contribution is 6.74. The van der Waals surface area contributed by atoms with Crippen molar-refractivity contribution in [2.24, 2.45) is 0 Å². The van der Waals surface area contributed by atoms with Crippen molar-refractivity contribution in [3.63, 3.8) is 0 Å². The topological polar surface area (TPSA) is 47.6 Å². The van der Waals surface area contributed by atoms with Crippen LogP contribution in [0.25, 0.3) is 0 Å². The Morgan fingerprint density at radius 3 is 1.92 bits per heavy atom. The second kappa shape index (κ2) is 6.95. The Balaban J connectivity index is 2.63. The summed E-state index contributed by atoms with van der Waals surface area (Å²) in [6.45, 7) is 22.3. The molecule has 24 heavy (non-hydrogen) atoms. The van der Waals surface area contributed by atoms with Gasteiger partial charge in [-0.3, -0.25) is 4.79 Å². The fourth-order valence-corrected chi connectivity index (χ4v) is 3.78. The highest BCUT2D eigenvalue weighted by Crippen LogP contribution is 2.38. The van der Waals surface area contributed by atoms with E-state index in [0.29, 0.717) is 6.61 Å². The van der Waals surface area contributed by atoms with Crippen LogP contribution in [0.2, 0.25) is 36.3 Å². The molecule has 1 aliphatic heterocycles. The van der Waals surface area contributed by atoms with Gasteiger partial charge in [0.15, 0.2) is 22.7 Å². The molecular weight excluding hydrogens is 334 g/mol. The van der Waals surface area contributed by atoms with Gasteiger partial charge in [-0.1, -0.05) is 53.4 Å². The highest BCUT2D eigenvalue weighted by Gasteiger charge is 2.47. The number of hydrogen-bond donors (Lipinski definition) is 1. The zero-order valence-electron chi connectivity index (χ0n) is 17.1. The standard InChI is InChI=1S/C18H35NO3Si2/c1-17(2,3)23(7,8)21-13-11-12-14-15(16(20)19-14)22-24(9,10)18(4,5)6/h14-15H,13H2,1-10H3,(H,19,20)/t14-,15+/m0/s1. The molecule has 0 spiro atoms. The summed E-state index contributed by atoms with van der Waals surface area (Å²) in [7, 11) is -3.75. The molecule has 0 saturated carbocycles. The molecule has 1 fully saturated rings. The first-order chi connectivity index (χ1) is 10.6. The van der Waals surface area contributed by atoms with Crippen LogP contribution >= 0.6 is 0 Å². The van der Waals surface area contributed by atoms with Gasteiger partial charge in [0.05, 0.1) is 6.61 Å². The number of hydrogen-bond acceptors (Lipinski definition) is 3. The van der Waals surface area contributed by atoms with E-state index in [9.17, 15) is 4.79 Å². The second-order valence-corrected chi connectivity index (χ2v) is 19.2. The van der Waals surface area contributed by atoms with Crippen LogP contribution in [0.4, 0.5) is 0 Å². The van der Waals surface area contributed by atoms with Gasteiger partial charge in [-0.25, -0.2) is 0 Å². The van der Waals surface area contributed by atoms with Crippen molar-refractivity contribution in [3.05, 3.63) is 0 Å². The molecule has 0 aliphatic carbocycles. The zero-order valence-corrected chi connectivity index (χ0v) is 19.1. The van der Waals surface area contributed by atoms with Gasteiger partial charge in [0.25, 0.3) is 5.91 Å². The molecule has 0 unspecified atom stereocenters. The number of carbonyl (C=O) groups is 1. The van der Waals surface area contributed by atoms with Crippen molar-refractivity contribution < 1.29 is 13.6 Å². The first-order valence-corrected chi connectivity index (χ1v) is 14.5. The number of β-lactam (4-membered cyclic amide) rings is 1. The van der Waals surface area contributed by atoms with E-state index in [1.54, 1.807) is 0 Å². The van der Waals surface area contributed by atoms with Crippen molar-refractivity contribution in [2.45, 2.75) is 90.0 Å². The Kier molecular flexibility index (Phi) is 6.20. The van der Waals surface area contributed by atoms with Gasteiger partial charge < -0.3 is 14.2 Å². The normalized spacial score (nSPS) is 22.3. The summed E-state index contributed by atoms with van der Waals surface area (Å²) in [5.41, 5.74) is 0. The first kappa shape index (κ1) is 21.4. The van der Waals surface area contributed by atoms with Crippen LogP contribution in [0, 0.1) is 11.8 Å². The van der Waals surface area contributed by atoms with Crippen LogP contribution in [0.1, 0.15) is 41.5 Å². The van der Waals surface area contributed by atoms with Gasteiger partial charge in [-0.2, -0.15) is 0 Å². The SMILES string of the molecule is CC(C)(C)[Si](C)(C)OCC#C[C@@H]1NC(=O)[C@@H]1O[Si](C)(C)C(C)(C)C. The molecule has 138 valence electrons. The molecule has 1 heterocycles. The number of carbonyl (C=O) groups excluding carboxylic acids is 1. The van der Waals surface area contributed by atoms with Gasteiger partial charge in [-0.15, -0.1) is 0 Å². The first-order valence-electron chi connectivity index (χ1n) is 8.69. The van der Waals surface area contributed by atoms with Crippen LogP contribution < -0.4 is 5.32 Å². The molecule has 6 heteroatoms. The molecule has 0 aromatic heterocycles. The molecular formula is C18H35NO3Si2. The molecule has 4 nitrogen and oxygen atoms in total. The minimum atomic E-state index is -1.98. The Labute approximate surface area is 150 Å². The Bertz CT molecular complexity index is 533. The van der Waals surface area contributed by atoms with Gasteiger partial charge in [-0.05, 0) is 36.3 Å². The van der Waals surface area contributed by atoms with E-state index in [2.05, 4.69) is 84.9 Å². The average Bonchev–Trinajstić information content (AvgIpc) is 2.37. The molecule has 0 radical (unpaired) electrons. The maximum atomic E-state index is 11.9. The van der Waals surface area contributed by atoms with E-state index in [4.69, 9.17) is 8.85 Å². The van der Waals surface area contributed by atoms with Crippen molar-refractivity contribution >= 4 is 22.5 Å². The van der Waals surface area contributed by atoms with Crippen LogP contribution in [0.3, 0.4) is 0 Å². The summed E-state index contributed by atoms with van der Waals surface area (Å²) in [6.07, 6.45) is -0.439. The quantitative estimate of drug-likeness (QED) is 0.464. The molecule has 0 aromatic carbocycles. The smallest absolute Gasteiger partial charge is 0.252 e. The maximum Gasteiger partial charge on any atom is 0.252 e. The molecule has 1 amide bonds. The fraction of sp³-hybridized carbons (Fsp3) is 0.833. The Morgan fingerprint density at radius 1 is 1.00 bits per heavy atom. The lowest BCUT2D eigenvalue weighted by Crippen LogP contribution is -2.66. The summed E-state index contributed by atoms with van der Waals surface area (Å²) in [4.78, 5) is 11.9. The van der Waals surface area contributed by atoms with Gasteiger partial charge in [0, 0.05) is 0 Å². The molecule has 2 atom stereocenters. The summed E-state index contributed by atoms with van der Waals surface area (Å²) < 4.78 is 12.3. The average molecular weight is 370 g/mol. The number of amides is 1. The van der Waals surface area contributed by atoms with E-state index in [0.717, 1.165) is 0 Å². The van der Waals surface area contributed by atoms with Crippen LogP contribution in [-0.4, -0.2) is 41.3 Å². The van der Waals surface area contributed by atoms with Crippen molar-refractivity contribution in [3.8, 4) is 11.8 Å². The lowest BCUT2D eigenvalue weighted by molar-refractivity contribution is -0.138. The lowest BCUT2D eigenvalue weighted by Gasteiger charge is -2.43. The molecule has 1 rings (SSSR count). The Morgan fingerprint density at radius 2 is 1.50 bits per heavy atom. The van der Waals surface area contributed by atoms with Crippen LogP contribution in [0.15, 0.2) is 0 Å². The van der Waals surface area contributed by atoms with Crippen molar-refractivity contribution in [1.29, 1.82) is 0 Å². The van der Waals surface area contributed by atoms with Crippen molar-refractivity contribution in [1.82, 2.24) is 5.32 Å². The van der Waals surface area contributed by atoms with E-state index in [1.807, 2.05) is 0 Å². The monoisotopic (exact) mass is 369 g/mol. The number of rotatable bonds is 4. The van der Waals surface area contributed by atoms with Crippen LogP contribution in [-0.2, 0) is 13.6 Å². The van der Waals surface area contributed by atoms with Crippen LogP contribution in [0.5, 0.6) is 0 Å². The van der Waals surface area contributed by atoms with Gasteiger partial charge in [0.1, 0.15) is 6.04 Å². The Hall–Kier alpha value is -0.616. The zero-order chi connectivity index (χ0) is 19.0. The largest absolute Gasteiger partial charge is 0.406 e. The summed E-state index contributed by atoms with van der Waals surface area (Å²) in [6, 6.07) is -0.213. The minimum absolute atomic E-state index is 0.0514. The second-order valence-electron chi connectivity index (χ2n) is 9.66. The van der Waals surface area contributed by atoms with E-state index >= 15 is 0 Å². The van der Waals surface area contributed by atoms with Crippen molar-refractivity contribution in [2.75, 3.05) is 6.61 Å². The fourth-order valence-electron chi connectivity index (χ4n) is 1.68. The molecule has 1 saturated heterocycles. The third-order valence-electron chi connectivity index (χ3n) is 5.66. The van der Waals surface area contributed by atoms with Gasteiger partial charge in [0.2, 0.25) is 0 Å². The molecule has 0 bridgehead atoms. The third-order valence-corrected chi connectivity index (χ3v) is 14.6. The third kappa shape index (κ3) is 4.95. The van der Waals surface area contributed by atoms with E-state index < -0.39 is 22.7 Å². The molecule has 1 aliphatic rings. The van der Waals surface area contributed by atoms with Gasteiger partial charge >= 0.3 is 0 Å². The predicted octanol–water partition coefficient (Wildman–Crippen LogP) is 3.90. The summed E-state index contributed by atoms with van der Waals surface area (Å²) >= 11 is 0. The molecule has 1 N–H and O–H groups in total. The highest BCUT2D eigenvalue weighted by atomic mass is 28.4. The number of nitrogens with one attached hydrogen (secondary N) is 1. The molecule has 0 aromatic rings. The lowest BCUT2D eigenvalue weighted by atomic mass is 10.0. The minimum Gasteiger partial charge on any atom is -0.406 e. The van der Waals surface area contributed by atoms with E-state index in [-0.39, 0.29) is 22.0 Å². The maximum absolute atomic E-state index is 11.9. The summed E-state index contributed by atoms with van der Waals surface area (Å²) in [5, 5.41) is 3.08. The van der Waals surface area contributed by atoms with E-state index in [1.165, 1.54) is 0 Å². The summed E-state index contributed by atoms with van der Waals surface area (Å²) in [5.74, 6) is 6.13. The predicted molar refractivity (Wildman–Crippen MR) is 105 cm³/mol.